The summed E-state index contributed by atoms with van der Waals surface area (Å²) in [5.74, 6) is -1.74. The zero-order chi connectivity index (χ0) is 22.9. The first-order valence-electron chi connectivity index (χ1n) is 9.61. The van der Waals surface area contributed by atoms with Crippen LogP contribution in [-0.2, 0) is 6.18 Å². The number of benzene rings is 2. The summed E-state index contributed by atoms with van der Waals surface area (Å²) in [5, 5.41) is 10.8. The van der Waals surface area contributed by atoms with Crippen LogP contribution in [0.25, 0.3) is 0 Å². The van der Waals surface area contributed by atoms with E-state index in [1.807, 2.05) is 0 Å². The number of likely N-dealkylation sites (tertiary alicyclic amines) is 1. The van der Waals surface area contributed by atoms with Gasteiger partial charge in [-0.25, -0.2) is 4.39 Å². The van der Waals surface area contributed by atoms with Gasteiger partial charge in [0.25, 0.3) is 11.8 Å². The van der Waals surface area contributed by atoms with Gasteiger partial charge in [0.15, 0.2) is 0 Å². The summed E-state index contributed by atoms with van der Waals surface area (Å²) in [6.07, 6.45) is -3.58. The summed E-state index contributed by atoms with van der Waals surface area (Å²) in [4.78, 5) is 26.7. The van der Waals surface area contributed by atoms with E-state index < -0.39 is 41.0 Å². The van der Waals surface area contributed by atoms with Crippen molar-refractivity contribution in [3.63, 3.8) is 0 Å². The van der Waals surface area contributed by atoms with Gasteiger partial charge in [-0.15, -0.1) is 10.2 Å². The number of aromatic nitrogens is 2. The molecule has 3 aromatic rings. The van der Waals surface area contributed by atoms with Gasteiger partial charge in [-0.2, -0.15) is 13.2 Å². The van der Waals surface area contributed by atoms with Crippen molar-refractivity contribution in [1.82, 2.24) is 15.1 Å². The molecule has 2 amide bonds. The zero-order valence-corrected chi connectivity index (χ0v) is 17.2. The Kier molecular flexibility index (Phi) is 5.92. The smallest absolute Gasteiger partial charge is 0.329 e. The number of halogens is 4. The Bertz CT molecular complexity index is 1150. The number of hydrogen-bond donors (Lipinski definition) is 1. The molecule has 0 radical (unpaired) electrons. The second-order valence-corrected chi connectivity index (χ2v) is 8.12. The van der Waals surface area contributed by atoms with Crippen molar-refractivity contribution < 1.29 is 27.2 Å². The summed E-state index contributed by atoms with van der Waals surface area (Å²) in [6, 6.07) is 9.25. The molecule has 2 heterocycles. The molecule has 166 valence electrons. The van der Waals surface area contributed by atoms with Crippen molar-refractivity contribution in [3.05, 3.63) is 75.5 Å². The predicted octanol–water partition coefficient (Wildman–Crippen LogP) is 4.93. The second-order valence-electron chi connectivity index (χ2n) is 7.11. The van der Waals surface area contributed by atoms with Crippen molar-refractivity contribution in [2.24, 2.45) is 0 Å². The van der Waals surface area contributed by atoms with Gasteiger partial charge in [-0.1, -0.05) is 23.5 Å². The molecule has 4 rings (SSSR count). The van der Waals surface area contributed by atoms with Crippen LogP contribution in [0.4, 0.5) is 23.2 Å². The predicted molar refractivity (Wildman–Crippen MR) is 109 cm³/mol. The van der Waals surface area contributed by atoms with E-state index in [2.05, 4.69) is 15.5 Å². The van der Waals surface area contributed by atoms with Crippen LogP contribution >= 0.6 is 11.3 Å². The first-order chi connectivity index (χ1) is 15.2. The first-order valence-corrected chi connectivity index (χ1v) is 10.4. The molecule has 0 unspecified atom stereocenters. The quantitative estimate of drug-likeness (QED) is 0.556. The number of amides is 2. The Labute approximate surface area is 183 Å². The number of rotatable bonds is 4. The van der Waals surface area contributed by atoms with Crippen molar-refractivity contribution >= 4 is 28.8 Å². The van der Waals surface area contributed by atoms with E-state index in [1.54, 1.807) is 0 Å². The number of hydrogen-bond acceptors (Lipinski definition) is 5. The lowest BCUT2D eigenvalue weighted by atomic mass is 10.1. The SMILES string of the molecule is O=C(Nc1ccc(F)cc1)c1nnc([C@H]2CCCN2C(=O)c2ccccc2C(F)(F)F)s1. The molecule has 0 bridgehead atoms. The number of alkyl halides is 3. The van der Waals surface area contributed by atoms with Crippen LogP contribution < -0.4 is 5.32 Å². The monoisotopic (exact) mass is 464 g/mol. The van der Waals surface area contributed by atoms with Crippen LogP contribution in [0.1, 0.15) is 49.6 Å². The summed E-state index contributed by atoms with van der Waals surface area (Å²) in [6.45, 7) is 0.270. The molecule has 1 atom stereocenters. The topological polar surface area (TPSA) is 75.2 Å². The Morgan fingerprint density at radius 1 is 1.06 bits per heavy atom. The fourth-order valence-electron chi connectivity index (χ4n) is 3.52. The van der Waals surface area contributed by atoms with Gasteiger partial charge < -0.3 is 10.2 Å². The molecule has 2 aromatic carbocycles. The highest BCUT2D eigenvalue weighted by Gasteiger charge is 2.39. The molecule has 11 heteroatoms. The van der Waals surface area contributed by atoms with Crippen molar-refractivity contribution in [2.75, 3.05) is 11.9 Å². The third-order valence-electron chi connectivity index (χ3n) is 5.00. The maximum Gasteiger partial charge on any atom is 0.417 e. The second kappa shape index (κ2) is 8.65. The van der Waals surface area contributed by atoms with Crippen molar-refractivity contribution in [3.8, 4) is 0 Å². The van der Waals surface area contributed by atoms with E-state index in [-0.39, 0.29) is 11.6 Å². The minimum absolute atomic E-state index is 0.0271. The minimum Gasteiger partial charge on any atom is -0.329 e. The van der Waals surface area contributed by atoms with Crippen LogP contribution in [0.15, 0.2) is 48.5 Å². The van der Waals surface area contributed by atoms with E-state index in [9.17, 15) is 27.2 Å². The third-order valence-corrected chi connectivity index (χ3v) is 6.02. The average molecular weight is 464 g/mol. The number of nitrogens with one attached hydrogen (secondary N) is 1. The van der Waals surface area contributed by atoms with Gasteiger partial charge in [0.1, 0.15) is 10.8 Å². The standard InChI is InChI=1S/C21H16F4N4O2S/c22-12-7-9-13(10-8-12)26-17(30)19-28-27-18(32-19)16-6-3-11-29(16)20(31)14-4-1-2-5-15(14)21(23,24)25/h1-2,4-5,7-10,16H,3,6,11H2,(H,26,30)/t16-/m1/s1. The molecule has 1 aliphatic rings. The fraction of sp³-hybridized carbons (Fsp3) is 0.238. The highest BCUT2D eigenvalue weighted by Crippen LogP contribution is 2.37. The first kappa shape index (κ1) is 21.9. The van der Waals surface area contributed by atoms with E-state index >= 15 is 0 Å². The summed E-state index contributed by atoms with van der Waals surface area (Å²) in [7, 11) is 0. The molecule has 1 saturated heterocycles. The number of carbonyl (C=O) groups excluding carboxylic acids is 2. The summed E-state index contributed by atoms with van der Waals surface area (Å²) < 4.78 is 53.1. The highest BCUT2D eigenvalue weighted by molar-refractivity contribution is 7.13. The van der Waals surface area contributed by atoms with Gasteiger partial charge in [-0.3, -0.25) is 9.59 Å². The van der Waals surface area contributed by atoms with Crippen LogP contribution in [0, 0.1) is 5.82 Å². The molecule has 32 heavy (non-hydrogen) atoms. The Hall–Kier alpha value is -3.34. The van der Waals surface area contributed by atoms with Crippen LogP contribution in [0.5, 0.6) is 0 Å². The van der Waals surface area contributed by atoms with Crippen LogP contribution in [0.2, 0.25) is 0 Å². The maximum atomic E-state index is 13.4. The summed E-state index contributed by atoms with van der Waals surface area (Å²) in [5.41, 5.74) is -1.05. The number of anilines is 1. The lowest BCUT2D eigenvalue weighted by Crippen LogP contribution is -2.32. The zero-order valence-electron chi connectivity index (χ0n) is 16.4. The lowest BCUT2D eigenvalue weighted by Gasteiger charge is -2.24. The van der Waals surface area contributed by atoms with E-state index in [0.29, 0.717) is 23.5 Å². The van der Waals surface area contributed by atoms with Crippen LogP contribution in [0.3, 0.4) is 0 Å². The van der Waals surface area contributed by atoms with Crippen molar-refractivity contribution in [2.45, 2.75) is 25.1 Å². The third kappa shape index (κ3) is 4.47. The Morgan fingerprint density at radius 3 is 2.50 bits per heavy atom. The van der Waals surface area contributed by atoms with E-state index in [1.165, 1.54) is 41.3 Å². The van der Waals surface area contributed by atoms with Gasteiger partial charge in [0, 0.05) is 12.2 Å². The normalized spacial score (nSPS) is 16.2. The minimum atomic E-state index is -4.66. The largest absolute Gasteiger partial charge is 0.417 e. The molecule has 1 fully saturated rings. The molecule has 6 nitrogen and oxygen atoms in total. The molecular formula is C21H16F4N4O2S. The number of carbonyl (C=O) groups is 2. The van der Waals surface area contributed by atoms with Crippen molar-refractivity contribution in [1.29, 1.82) is 0 Å². The maximum absolute atomic E-state index is 13.4. The molecule has 0 spiro atoms. The van der Waals surface area contributed by atoms with Gasteiger partial charge in [-0.05, 0) is 49.2 Å². The number of nitrogens with zero attached hydrogens (tertiary/aromatic N) is 3. The molecule has 1 N–H and O–H groups in total. The summed E-state index contributed by atoms with van der Waals surface area (Å²) >= 11 is 0.962. The van der Waals surface area contributed by atoms with Gasteiger partial charge in [0.2, 0.25) is 5.01 Å². The van der Waals surface area contributed by atoms with Crippen LogP contribution in [-0.4, -0.2) is 33.5 Å². The molecule has 0 aliphatic carbocycles. The van der Waals surface area contributed by atoms with E-state index in [0.717, 1.165) is 23.5 Å². The molecule has 1 aliphatic heterocycles. The van der Waals surface area contributed by atoms with Gasteiger partial charge >= 0.3 is 6.18 Å². The molecule has 0 saturated carbocycles. The molecular weight excluding hydrogens is 448 g/mol. The molecule has 1 aromatic heterocycles. The Balaban J connectivity index is 1.53. The van der Waals surface area contributed by atoms with E-state index in [4.69, 9.17) is 0 Å². The van der Waals surface area contributed by atoms with Gasteiger partial charge in [0.05, 0.1) is 17.2 Å². The highest BCUT2D eigenvalue weighted by atomic mass is 32.1. The fourth-order valence-corrected chi connectivity index (χ4v) is 4.40. The lowest BCUT2D eigenvalue weighted by molar-refractivity contribution is -0.138. The average Bonchev–Trinajstić information content (AvgIpc) is 3.44. The Morgan fingerprint density at radius 2 is 1.78 bits per heavy atom.